The van der Waals surface area contributed by atoms with E-state index in [1.54, 1.807) is 24.3 Å². The highest BCUT2D eigenvalue weighted by atomic mass is 35.5. The molecule has 1 atom stereocenters. The Morgan fingerprint density at radius 1 is 0.969 bits per heavy atom. The maximum atomic E-state index is 12.9. The van der Waals surface area contributed by atoms with E-state index in [4.69, 9.17) is 16.9 Å². The zero-order chi connectivity index (χ0) is 22.8. The summed E-state index contributed by atoms with van der Waals surface area (Å²) in [6.45, 7) is 0. The Hall–Kier alpha value is -3.27. The number of hydrogen-bond donors (Lipinski definition) is 2. The Balaban J connectivity index is 1.75. The van der Waals surface area contributed by atoms with Gasteiger partial charge in [-0.25, -0.2) is 0 Å². The van der Waals surface area contributed by atoms with Gasteiger partial charge in [0.15, 0.2) is 0 Å². The number of nitrogens with zero attached hydrogens (tertiary/aromatic N) is 1. The maximum Gasteiger partial charge on any atom is 0.253 e. The number of rotatable bonds is 9. The quantitative estimate of drug-likeness (QED) is 0.308. The Morgan fingerprint density at radius 3 is 2.41 bits per heavy atom. The number of amides is 2. The van der Waals surface area contributed by atoms with E-state index in [-0.39, 0.29) is 18.2 Å². The molecule has 3 rings (SSSR count). The molecule has 0 spiro atoms. The van der Waals surface area contributed by atoms with E-state index >= 15 is 0 Å². The van der Waals surface area contributed by atoms with E-state index < -0.39 is 6.04 Å². The molecule has 3 aromatic carbocycles. The van der Waals surface area contributed by atoms with Gasteiger partial charge in [0.05, 0.1) is 34.8 Å². The molecule has 0 fully saturated rings. The maximum absolute atomic E-state index is 12.9. The van der Waals surface area contributed by atoms with Crippen LogP contribution in [0.2, 0.25) is 5.02 Å². The summed E-state index contributed by atoms with van der Waals surface area (Å²) in [5.74, 6) is 0.0700. The summed E-state index contributed by atoms with van der Waals surface area (Å²) in [6.07, 6.45) is 0.481. The first-order valence-electron chi connectivity index (χ1n) is 10.1. The highest BCUT2D eigenvalue weighted by Gasteiger charge is 2.21. The van der Waals surface area contributed by atoms with Crippen molar-refractivity contribution in [1.82, 2.24) is 5.32 Å². The van der Waals surface area contributed by atoms with Crippen LogP contribution in [0.4, 0.5) is 5.69 Å². The average Bonchev–Trinajstić information content (AvgIpc) is 2.80. The summed E-state index contributed by atoms with van der Waals surface area (Å²) in [6, 6.07) is 25.2. The molecule has 0 radical (unpaired) electrons. The van der Waals surface area contributed by atoms with Gasteiger partial charge in [-0.1, -0.05) is 66.2 Å². The standard InChI is InChI=1S/C25H22ClN3O2S/c26-20-12-5-4-11-19(20)25(31)29-22(18-9-2-1-3-10-18)17-24(30)28-21-13-6-7-14-23(21)32-16-8-15-27/h1-7,9-14,22H,8,16-17H2,(H,28,30)(H,29,31). The summed E-state index contributed by atoms with van der Waals surface area (Å²) in [5, 5.41) is 15.0. The molecular weight excluding hydrogens is 442 g/mol. The summed E-state index contributed by atoms with van der Waals surface area (Å²) < 4.78 is 0. The minimum atomic E-state index is -0.529. The number of halogens is 1. The zero-order valence-electron chi connectivity index (χ0n) is 17.3. The fourth-order valence-electron chi connectivity index (χ4n) is 3.11. The van der Waals surface area contributed by atoms with Gasteiger partial charge in [-0.3, -0.25) is 9.59 Å². The second-order valence-corrected chi connectivity index (χ2v) is 8.47. The summed E-state index contributed by atoms with van der Waals surface area (Å²) in [5.41, 5.74) is 1.86. The first-order chi connectivity index (χ1) is 15.6. The second-order valence-electron chi connectivity index (χ2n) is 6.92. The third-order valence-electron chi connectivity index (χ3n) is 4.65. The first kappa shape index (κ1) is 23.4. The van der Waals surface area contributed by atoms with Crippen molar-refractivity contribution in [2.45, 2.75) is 23.8 Å². The van der Waals surface area contributed by atoms with E-state index in [9.17, 15) is 9.59 Å². The van der Waals surface area contributed by atoms with Crippen molar-refractivity contribution in [3.63, 3.8) is 0 Å². The van der Waals surface area contributed by atoms with Gasteiger partial charge in [-0.2, -0.15) is 5.26 Å². The number of para-hydroxylation sites is 1. The van der Waals surface area contributed by atoms with Gasteiger partial charge in [0, 0.05) is 17.1 Å². The molecule has 0 saturated heterocycles. The number of nitrogens with one attached hydrogen (secondary N) is 2. The predicted molar refractivity (Wildman–Crippen MR) is 129 cm³/mol. The molecule has 5 nitrogen and oxygen atoms in total. The van der Waals surface area contributed by atoms with Crippen molar-refractivity contribution in [2.75, 3.05) is 11.1 Å². The minimum Gasteiger partial charge on any atom is -0.345 e. The van der Waals surface area contributed by atoms with Crippen LogP contribution in [0.1, 0.15) is 34.8 Å². The second kappa shape index (κ2) is 11.9. The van der Waals surface area contributed by atoms with Crippen LogP contribution in [-0.4, -0.2) is 17.6 Å². The summed E-state index contributed by atoms with van der Waals surface area (Å²) >= 11 is 7.69. The van der Waals surface area contributed by atoms with Crippen LogP contribution >= 0.6 is 23.4 Å². The Morgan fingerprint density at radius 2 is 1.66 bits per heavy atom. The highest BCUT2D eigenvalue weighted by molar-refractivity contribution is 7.99. The van der Waals surface area contributed by atoms with Gasteiger partial charge in [0.1, 0.15) is 0 Å². The Labute approximate surface area is 196 Å². The lowest BCUT2D eigenvalue weighted by molar-refractivity contribution is -0.116. The molecule has 1 unspecified atom stereocenters. The summed E-state index contributed by atoms with van der Waals surface area (Å²) in [7, 11) is 0. The molecule has 7 heteroatoms. The molecule has 0 aliphatic rings. The third-order valence-corrected chi connectivity index (χ3v) is 6.05. The van der Waals surface area contributed by atoms with Crippen molar-refractivity contribution >= 4 is 40.9 Å². The fraction of sp³-hybridized carbons (Fsp3) is 0.160. The van der Waals surface area contributed by atoms with Gasteiger partial charge >= 0.3 is 0 Å². The van der Waals surface area contributed by atoms with Crippen LogP contribution in [0.25, 0.3) is 0 Å². The topological polar surface area (TPSA) is 82.0 Å². The molecule has 2 N–H and O–H groups in total. The van der Waals surface area contributed by atoms with Crippen molar-refractivity contribution < 1.29 is 9.59 Å². The van der Waals surface area contributed by atoms with E-state index in [0.29, 0.717) is 28.4 Å². The lowest BCUT2D eigenvalue weighted by atomic mass is 10.0. The van der Waals surface area contributed by atoms with Crippen LogP contribution in [0.5, 0.6) is 0 Å². The van der Waals surface area contributed by atoms with Crippen LogP contribution < -0.4 is 10.6 Å². The van der Waals surface area contributed by atoms with Gasteiger partial charge in [-0.15, -0.1) is 11.8 Å². The fourth-order valence-corrected chi connectivity index (χ4v) is 4.19. The molecule has 0 aliphatic carbocycles. The van der Waals surface area contributed by atoms with Crippen LogP contribution in [0, 0.1) is 11.3 Å². The number of carbonyl (C=O) groups excluding carboxylic acids is 2. The largest absolute Gasteiger partial charge is 0.345 e. The van der Waals surface area contributed by atoms with Crippen molar-refractivity contribution in [3.8, 4) is 6.07 Å². The third kappa shape index (κ3) is 6.61. The van der Waals surface area contributed by atoms with Crippen LogP contribution in [-0.2, 0) is 4.79 Å². The molecule has 32 heavy (non-hydrogen) atoms. The molecule has 162 valence electrons. The van der Waals surface area contributed by atoms with Crippen molar-refractivity contribution in [2.24, 2.45) is 0 Å². The van der Waals surface area contributed by atoms with E-state index in [1.165, 1.54) is 11.8 Å². The molecule has 2 amide bonds. The SMILES string of the molecule is N#CCCSc1ccccc1NC(=O)CC(NC(=O)c1ccccc1Cl)c1ccccc1. The van der Waals surface area contributed by atoms with Crippen LogP contribution in [0.15, 0.2) is 83.8 Å². The van der Waals surface area contributed by atoms with Gasteiger partial charge in [0.2, 0.25) is 5.91 Å². The smallest absolute Gasteiger partial charge is 0.253 e. The minimum absolute atomic E-state index is 0.0530. The number of thioether (sulfide) groups is 1. The van der Waals surface area contributed by atoms with Crippen molar-refractivity contribution in [3.05, 3.63) is 95.0 Å². The van der Waals surface area contributed by atoms with Gasteiger partial charge < -0.3 is 10.6 Å². The first-order valence-corrected chi connectivity index (χ1v) is 11.4. The van der Waals surface area contributed by atoms with E-state index in [0.717, 1.165) is 10.5 Å². The van der Waals surface area contributed by atoms with Crippen LogP contribution in [0.3, 0.4) is 0 Å². The predicted octanol–water partition coefficient (Wildman–Crippen LogP) is 5.85. The van der Waals surface area contributed by atoms with Gasteiger partial charge in [0.25, 0.3) is 5.91 Å². The number of anilines is 1. The van der Waals surface area contributed by atoms with Crippen molar-refractivity contribution in [1.29, 1.82) is 5.26 Å². The number of benzene rings is 3. The monoisotopic (exact) mass is 463 g/mol. The van der Waals surface area contributed by atoms with E-state index in [2.05, 4.69) is 16.7 Å². The lowest BCUT2D eigenvalue weighted by Crippen LogP contribution is -2.31. The summed E-state index contributed by atoms with van der Waals surface area (Å²) in [4.78, 5) is 26.6. The highest BCUT2D eigenvalue weighted by Crippen LogP contribution is 2.28. The van der Waals surface area contributed by atoms with Gasteiger partial charge in [-0.05, 0) is 29.8 Å². The molecule has 0 heterocycles. The number of nitriles is 1. The molecule has 3 aromatic rings. The average molecular weight is 464 g/mol. The number of hydrogen-bond acceptors (Lipinski definition) is 4. The van der Waals surface area contributed by atoms with E-state index in [1.807, 2.05) is 54.6 Å². The Bertz CT molecular complexity index is 1120. The number of carbonyl (C=O) groups is 2. The zero-order valence-corrected chi connectivity index (χ0v) is 18.8. The Kier molecular flexibility index (Phi) is 8.73. The lowest BCUT2D eigenvalue weighted by Gasteiger charge is -2.20. The normalized spacial score (nSPS) is 11.2. The molecular formula is C25H22ClN3O2S. The molecule has 0 aliphatic heterocycles. The molecule has 0 aromatic heterocycles. The molecule has 0 saturated carbocycles. The molecule has 0 bridgehead atoms.